The van der Waals surface area contributed by atoms with Crippen molar-refractivity contribution in [2.45, 2.75) is 85.1 Å². The molecule has 0 aliphatic heterocycles. The van der Waals surface area contributed by atoms with Gasteiger partial charge in [-0.2, -0.15) is 0 Å². The van der Waals surface area contributed by atoms with Crippen LogP contribution in [0, 0.1) is 37.0 Å². The number of aromatic amines is 1. The van der Waals surface area contributed by atoms with Gasteiger partial charge in [-0.3, -0.25) is 4.79 Å². The SMILES string of the molecule is CCOC(=O)c1c(C)[nH]c(CCC(=O)N[C@@H](C)C23CC4CC(CC(C4)C2)C3)c1C. The molecule has 0 saturated heterocycles. The summed E-state index contributed by atoms with van der Waals surface area (Å²) in [5.74, 6) is 2.52. The third-order valence-corrected chi connectivity index (χ3v) is 8.00. The van der Waals surface area contributed by atoms with Gasteiger partial charge < -0.3 is 15.0 Å². The van der Waals surface area contributed by atoms with E-state index in [0.717, 1.165) is 34.7 Å². The second-order valence-electron chi connectivity index (χ2n) is 10.0. The smallest absolute Gasteiger partial charge is 0.340 e. The first-order chi connectivity index (χ1) is 13.8. The molecular formula is C24H36N2O3. The van der Waals surface area contributed by atoms with Crippen molar-refractivity contribution in [2.75, 3.05) is 6.61 Å². The number of hydrogen-bond donors (Lipinski definition) is 2. The van der Waals surface area contributed by atoms with Crippen LogP contribution in [0.3, 0.4) is 0 Å². The summed E-state index contributed by atoms with van der Waals surface area (Å²) in [5, 5.41) is 3.35. The molecule has 5 rings (SSSR count). The molecule has 29 heavy (non-hydrogen) atoms. The van der Waals surface area contributed by atoms with Crippen LogP contribution in [0.5, 0.6) is 0 Å². The number of aryl methyl sites for hydroxylation is 2. The Bertz CT molecular complexity index is 759. The summed E-state index contributed by atoms with van der Waals surface area (Å²) in [7, 11) is 0. The van der Waals surface area contributed by atoms with Crippen molar-refractivity contribution in [3.8, 4) is 0 Å². The van der Waals surface area contributed by atoms with Gasteiger partial charge in [0.1, 0.15) is 0 Å². The largest absolute Gasteiger partial charge is 0.462 e. The summed E-state index contributed by atoms with van der Waals surface area (Å²) in [6.45, 7) is 8.22. The maximum Gasteiger partial charge on any atom is 0.340 e. The van der Waals surface area contributed by atoms with Crippen LogP contribution in [0.15, 0.2) is 0 Å². The standard InChI is InChI=1S/C24H36N2O3/c1-5-29-23(28)22-14(2)20(25-15(22)3)6-7-21(27)26-16(4)24-11-17-8-18(12-24)10-19(9-17)13-24/h16-19,25H,5-13H2,1-4H3,(H,26,27)/t16-,17?,18?,19?,24?/m0/s1. The Morgan fingerprint density at radius 3 is 2.28 bits per heavy atom. The van der Waals surface area contributed by atoms with E-state index < -0.39 is 0 Å². The third kappa shape index (κ3) is 3.85. The fourth-order valence-corrected chi connectivity index (χ4v) is 6.99. The number of carbonyl (C=O) groups is 2. The third-order valence-electron chi connectivity index (χ3n) is 8.00. The highest BCUT2D eigenvalue weighted by Gasteiger charge is 2.53. The van der Waals surface area contributed by atoms with Crippen LogP contribution in [-0.4, -0.2) is 29.5 Å². The summed E-state index contributed by atoms with van der Waals surface area (Å²) < 4.78 is 5.16. The number of rotatable bonds is 7. The van der Waals surface area contributed by atoms with Gasteiger partial charge in [0.25, 0.3) is 0 Å². The first-order valence-electron chi connectivity index (χ1n) is 11.5. The molecule has 1 aromatic heterocycles. The average molecular weight is 401 g/mol. The molecule has 4 bridgehead atoms. The lowest BCUT2D eigenvalue weighted by Crippen LogP contribution is -2.55. The fourth-order valence-electron chi connectivity index (χ4n) is 6.99. The predicted octanol–water partition coefficient (Wildman–Crippen LogP) is 4.46. The van der Waals surface area contributed by atoms with Crippen molar-refractivity contribution in [1.29, 1.82) is 0 Å². The molecule has 0 spiro atoms. The highest BCUT2D eigenvalue weighted by Crippen LogP contribution is 2.61. The normalized spacial score (nSPS) is 31.0. The summed E-state index contributed by atoms with van der Waals surface area (Å²) in [5.41, 5.74) is 3.63. The number of amides is 1. The zero-order chi connectivity index (χ0) is 20.8. The van der Waals surface area contributed by atoms with Gasteiger partial charge in [0, 0.05) is 23.9 Å². The van der Waals surface area contributed by atoms with Crippen molar-refractivity contribution in [3.63, 3.8) is 0 Å². The van der Waals surface area contributed by atoms with E-state index in [4.69, 9.17) is 4.74 Å². The maximum atomic E-state index is 12.7. The summed E-state index contributed by atoms with van der Waals surface area (Å²) in [6.07, 6.45) is 9.25. The molecule has 1 amide bonds. The Morgan fingerprint density at radius 2 is 1.72 bits per heavy atom. The monoisotopic (exact) mass is 400 g/mol. The van der Waals surface area contributed by atoms with E-state index in [9.17, 15) is 9.59 Å². The molecule has 5 nitrogen and oxygen atoms in total. The van der Waals surface area contributed by atoms with E-state index in [-0.39, 0.29) is 17.9 Å². The molecular weight excluding hydrogens is 364 g/mol. The highest BCUT2D eigenvalue weighted by molar-refractivity contribution is 5.92. The highest BCUT2D eigenvalue weighted by atomic mass is 16.5. The minimum atomic E-state index is -0.287. The second kappa shape index (κ2) is 7.81. The lowest BCUT2D eigenvalue weighted by atomic mass is 9.48. The Morgan fingerprint density at radius 1 is 1.14 bits per heavy atom. The predicted molar refractivity (Wildman–Crippen MR) is 113 cm³/mol. The fraction of sp³-hybridized carbons (Fsp3) is 0.750. The topological polar surface area (TPSA) is 71.2 Å². The van der Waals surface area contributed by atoms with Gasteiger partial charge in [-0.1, -0.05) is 0 Å². The van der Waals surface area contributed by atoms with Crippen LogP contribution in [0.1, 0.15) is 86.1 Å². The molecule has 4 aliphatic carbocycles. The number of H-pyrrole nitrogens is 1. The van der Waals surface area contributed by atoms with Crippen molar-refractivity contribution < 1.29 is 14.3 Å². The van der Waals surface area contributed by atoms with Crippen LogP contribution < -0.4 is 5.32 Å². The Hall–Kier alpha value is -1.78. The van der Waals surface area contributed by atoms with Crippen molar-refractivity contribution >= 4 is 11.9 Å². The van der Waals surface area contributed by atoms with E-state index in [2.05, 4.69) is 17.2 Å². The molecule has 1 atom stereocenters. The lowest BCUT2D eigenvalue weighted by Gasteiger charge is -2.59. The Labute approximate surface area is 174 Å². The molecule has 1 aromatic rings. The van der Waals surface area contributed by atoms with Gasteiger partial charge in [0.15, 0.2) is 0 Å². The van der Waals surface area contributed by atoms with Crippen LogP contribution in [0.25, 0.3) is 0 Å². The number of carbonyl (C=O) groups excluding carboxylic acids is 2. The van der Waals surface area contributed by atoms with Crippen LogP contribution in [-0.2, 0) is 16.0 Å². The molecule has 0 radical (unpaired) electrons. The van der Waals surface area contributed by atoms with E-state index >= 15 is 0 Å². The Kier molecular flexibility index (Phi) is 5.52. The number of ether oxygens (including phenoxy) is 1. The number of aromatic nitrogens is 1. The van der Waals surface area contributed by atoms with Crippen molar-refractivity contribution in [1.82, 2.24) is 10.3 Å². The lowest BCUT2D eigenvalue weighted by molar-refractivity contribution is -0.125. The number of nitrogens with one attached hydrogen (secondary N) is 2. The van der Waals surface area contributed by atoms with E-state index in [1.54, 1.807) is 0 Å². The van der Waals surface area contributed by atoms with E-state index in [1.165, 1.54) is 38.5 Å². The van der Waals surface area contributed by atoms with Crippen LogP contribution in [0.4, 0.5) is 0 Å². The molecule has 0 unspecified atom stereocenters. The van der Waals surface area contributed by atoms with Gasteiger partial charge >= 0.3 is 5.97 Å². The molecule has 0 aromatic carbocycles. The van der Waals surface area contributed by atoms with Crippen molar-refractivity contribution in [3.05, 3.63) is 22.5 Å². The van der Waals surface area contributed by atoms with Gasteiger partial charge in [-0.05, 0) is 101 Å². The minimum Gasteiger partial charge on any atom is -0.462 e. The van der Waals surface area contributed by atoms with E-state index in [0.29, 0.717) is 30.4 Å². The zero-order valence-electron chi connectivity index (χ0n) is 18.4. The Balaban J connectivity index is 1.35. The molecule has 1 heterocycles. The molecule has 160 valence electrons. The van der Waals surface area contributed by atoms with Gasteiger partial charge in [0.05, 0.1) is 12.2 Å². The summed E-state index contributed by atoms with van der Waals surface area (Å²) in [4.78, 5) is 28.2. The van der Waals surface area contributed by atoms with Gasteiger partial charge in [-0.25, -0.2) is 4.79 Å². The minimum absolute atomic E-state index is 0.123. The summed E-state index contributed by atoms with van der Waals surface area (Å²) >= 11 is 0. The zero-order valence-corrected chi connectivity index (χ0v) is 18.4. The van der Waals surface area contributed by atoms with Gasteiger partial charge in [0.2, 0.25) is 5.91 Å². The maximum absolute atomic E-state index is 12.7. The number of hydrogen-bond acceptors (Lipinski definition) is 3. The molecule has 5 heteroatoms. The van der Waals surface area contributed by atoms with Crippen LogP contribution in [0.2, 0.25) is 0 Å². The van der Waals surface area contributed by atoms with Gasteiger partial charge in [-0.15, -0.1) is 0 Å². The molecule has 4 aliphatic rings. The average Bonchev–Trinajstić information content (AvgIpc) is 2.92. The molecule has 4 fully saturated rings. The first-order valence-corrected chi connectivity index (χ1v) is 11.5. The first kappa shape index (κ1) is 20.5. The molecule has 2 N–H and O–H groups in total. The van der Waals surface area contributed by atoms with Crippen molar-refractivity contribution in [2.24, 2.45) is 23.2 Å². The van der Waals surface area contributed by atoms with E-state index in [1.807, 2.05) is 20.8 Å². The summed E-state index contributed by atoms with van der Waals surface area (Å²) in [6, 6.07) is 0.255. The number of esters is 1. The quantitative estimate of drug-likeness (QED) is 0.664. The van der Waals surface area contributed by atoms with Crippen LogP contribution >= 0.6 is 0 Å². The second-order valence-corrected chi connectivity index (χ2v) is 10.0. The molecule has 4 saturated carbocycles.